The maximum absolute atomic E-state index is 12.2. The summed E-state index contributed by atoms with van der Waals surface area (Å²) in [5, 5.41) is 2.60. The summed E-state index contributed by atoms with van der Waals surface area (Å²) in [6.07, 6.45) is 0. The van der Waals surface area contributed by atoms with Crippen LogP contribution in [0.25, 0.3) is 0 Å². The number of benzene rings is 1. The topological polar surface area (TPSA) is 117 Å². The number of anilines is 1. The Kier molecular flexibility index (Phi) is 7.60. The molecule has 0 atom stereocenters. The summed E-state index contributed by atoms with van der Waals surface area (Å²) in [5.41, 5.74) is 8.06. The van der Waals surface area contributed by atoms with Gasteiger partial charge >= 0.3 is 11.9 Å². The summed E-state index contributed by atoms with van der Waals surface area (Å²) >= 11 is 0.936. The van der Waals surface area contributed by atoms with Crippen LogP contribution in [-0.4, -0.2) is 38.1 Å². The summed E-state index contributed by atoms with van der Waals surface area (Å²) in [6.45, 7) is 4.97. The van der Waals surface area contributed by atoms with Crippen molar-refractivity contribution in [1.29, 1.82) is 0 Å². The molecule has 2 rings (SSSR count). The van der Waals surface area contributed by atoms with E-state index in [9.17, 15) is 14.4 Å². The first-order chi connectivity index (χ1) is 13.8. The Balaban J connectivity index is 2.13. The minimum Gasteiger partial charge on any atom is -0.482 e. The van der Waals surface area contributed by atoms with Crippen molar-refractivity contribution in [1.82, 2.24) is 5.32 Å². The molecule has 0 aliphatic heterocycles. The number of ether oxygens (including phenoxy) is 3. The van der Waals surface area contributed by atoms with E-state index in [1.54, 1.807) is 6.92 Å². The van der Waals surface area contributed by atoms with Crippen LogP contribution in [0.1, 0.15) is 43.6 Å². The Morgan fingerprint density at radius 3 is 2.55 bits per heavy atom. The lowest BCUT2D eigenvalue weighted by Crippen LogP contribution is -2.21. The Morgan fingerprint density at radius 1 is 1.17 bits per heavy atom. The number of aryl methyl sites for hydroxylation is 2. The molecule has 0 bridgehead atoms. The van der Waals surface area contributed by atoms with Gasteiger partial charge in [-0.15, -0.1) is 11.3 Å². The summed E-state index contributed by atoms with van der Waals surface area (Å²) in [6, 6.07) is 5.66. The van der Waals surface area contributed by atoms with Crippen LogP contribution >= 0.6 is 11.3 Å². The monoisotopic (exact) mass is 420 g/mol. The highest BCUT2D eigenvalue weighted by atomic mass is 32.1. The van der Waals surface area contributed by atoms with Gasteiger partial charge < -0.3 is 25.3 Å². The van der Waals surface area contributed by atoms with Gasteiger partial charge in [-0.25, -0.2) is 9.59 Å². The van der Waals surface area contributed by atoms with E-state index >= 15 is 0 Å². The minimum atomic E-state index is -0.672. The molecule has 0 fully saturated rings. The van der Waals surface area contributed by atoms with Crippen molar-refractivity contribution in [2.75, 3.05) is 26.0 Å². The highest BCUT2D eigenvalue weighted by Crippen LogP contribution is 2.32. The molecular weight excluding hydrogens is 396 g/mol. The quantitative estimate of drug-likeness (QED) is 0.630. The Morgan fingerprint density at radius 2 is 1.90 bits per heavy atom. The summed E-state index contributed by atoms with van der Waals surface area (Å²) in [5.74, 6) is -1.17. The normalized spacial score (nSPS) is 10.3. The van der Waals surface area contributed by atoms with Crippen molar-refractivity contribution in [3.8, 4) is 5.75 Å². The number of hydrogen-bond acceptors (Lipinski definition) is 8. The van der Waals surface area contributed by atoms with E-state index in [0.29, 0.717) is 5.75 Å². The Labute approximate surface area is 172 Å². The van der Waals surface area contributed by atoms with Crippen LogP contribution in [-0.2, 0) is 20.9 Å². The molecule has 9 heteroatoms. The van der Waals surface area contributed by atoms with Gasteiger partial charge in [0.05, 0.1) is 6.61 Å². The molecule has 1 heterocycles. The zero-order valence-corrected chi connectivity index (χ0v) is 17.6. The zero-order chi connectivity index (χ0) is 21.6. The molecule has 1 aromatic heterocycles. The van der Waals surface area contributed by atoms with Gasteiger partial charge in [-0.3, -0.25) is 4.79 Å². The van der Waals surface area contributed by atoms with Gasteiger partial charge in [0.15, 0.2) is 6.61 Å². The Bertz CT molecular complexity index is 922. The maximum Gasteiger partial charge on any atom is 0.344 e. The highest BCUT2D eigenvalue weighted by Gasteiger charge is 2.27. The van der Waals surface area contributed by atoms with Gasteiger partial charge in [-0.1, -0.05) is 12.1 Å². The van der Waals surface area contributed by atoms with Gasteiger partial charge in [0, 0.05) is 12.6 Å². The average molecular weight is 420 g/mol. The molecule has 0 spiro atoms. The van der Waals surface area contributed by atoms with Crippen LogP contribution in [0.5, 0.6) is 5.75 Å². The van der Waals surface area contributed by atoms with E-state index < -0.39 is 17.8 Å². The van der Waals surface area contributed by atoms with E-state index in [2.05, 4.69) is 5.32 Å². The fourth-order valence-electron chi connectivity index (χ4n) is 2.54. The van der Waals surface area contributed by atoms with Crippen molar-refractivity contribution >= 4 is 34.2 Å². The first-order valence-corrected chi connectivity index (χ1v) is 9.76. The number of nitrogens with one attached hydrogen (secondary N) is 1. The smallest absolute Gasteiger partial charge is 0.344 e. The first kappa shape index (κ1) is 22.2. The predicted molar refractivity (Wildman–Crippen MR) is 109 cm³/mol. The van der Waals surface area contributed by atoms with Crippen molar-refractivity contribution in [3.05, 3.63) is 45.3 Å². The van der Waals surface area contributed by atoms with E-state index in [1.807, 2.05) is 32.0 Å². The number of nitrogens with two attached hydrogens (primary N) is 1. The zero-order valence-electron chi connectivity index (χ0n) is 16.8. The number of hydrogen-bond donors (Lipinski definition) is 2. The third-order valence-corrected chi connectivity index (χ3v) is 5.07. The summed E-state index contributed by atoms with van der Waals surface area (Å²) in [7, 11) is 1.45. The SMILES string of the molecule is CCOC(=O)c1c(N)sc(C(=O)NC)c1COC(=O)COc1cc(C)ccc1C. The minimum absolute atomic E-state index is 0.0405. The number of amides is 1. The van der Waals surface area contributed by atoms with Crippen LogP contribution in [0.2, 0.25) is 0 Å². The molecule has 0 unspecified atom stereocenters. The van der Waals surface area contributed by atoms with Crippen molar-refractivity contribution in [2.24, 2.45) is 0 Å². The molecule has 0 saturated heterocycles. The van der Waals surface area contributed by atoms with Crippen LogP contribution in [0.15, 0.2) is 18.2 Å². The van der Waals surface area contributed by atoms with E-state index in [4.69, 9.17) is 19.9 Å². The fourth-order valence-corrected chi connectivity index (χ4v) is 3.55. The number of nitrogen functional groups attached to an aromatic ring is 1. The fraction of sp³-hybridized carbons (Fsp3) is 0.350. The van der Waals surface area contributed by atoms with Crippen LogP contribution < -0.4 is 15.8 Å². The molecule has 0 aliphatic carbocycles. The predicted octanol–water partition coefficient (Wildman–Crippen LogP) is 2.61. The third-order valence-electron chi connectivity index (χ3n) is 4.01. The van der Waals surface area contributed by atoms with E-state index in [1.165, 1.54) is 7.05 Å². The van der Waals surface area contributed by atoms with Crippen molar-refractivity contribution < 1.29 is 28.6 Å². The molecule has 1 aromatic carbocycles. The van der Waals surface area contributed by atoms with E-state index in [0.717, 1.165) is 22.5 Å². The molecule has 156 valence electrons. The second kappa shape index (κ2) is 9.92. The Hall–Kier alpha value is -3.07. The first-order valence-electron chi connectivity index (χ1n) is 8.94. The number of thiophene rings is 1. The molecular formula is C20H24N2O6S. The van der Waals surface area contributed by atoms with Crippen molar-refractivity contribution in [3.63, 3.8) is 0 Å². The third kappa shape index (κ3) is 5.47. The van der Waals surface area contributed by atoms with Gasteiger partial charge in [0.25, 0.3) is 5.91 Å². The van der Waals surface area contributed by atoms with Crippen LogP contribution in [0.3, 0.4) is 0 Å². The molecule has 1 amide bonds. The molecule has 3 N–H and O–H groups in total. The maximum atomic E-state index is 12.2. The van der Waals surface area contributed by atoms with Gasteiger partial charge in [-0.2, -0.15) is 0 Å². The lowest BCUT2D eigenvalue weighted by atomic mass is 10.1. The average Bonchev–Trinajstić information content (AvgIpc) is 3.02. The van der Waals surface area contributed by atoms with Gasteiger partial charge in [0.1, 0.15) is 27.8 Å². The summed E-state index contributed by atoms with van der Waals surface area (Å²) in [4.78, 5) is 36.7. The second-order valence-electron chi connectivity index (χ2n) is 6.17. The van der Waals surface area contributed by atoms with Gasteiger partial charge in [0.2, 0.25) is 0 Å². The molecule has 2 aromatic rings. The number of rotatable bonds is 8. The number of carbonyl (C=O) groups is 3. The molecule has 29 heavy (non-hydrogen) atoms. The van der Waals surface area contributed by atoms with Crippen LogP contribution in [0, 0.1) is 13.8 Å². The highest BCUT2D eigenvalue weighted by molar-refractivity contribution is 7.18. The van der Waals surface area contributed by atoms with Crippen molar-refractivity contribution in [2.45, 2.75) is 27.4 Å². The van der Waals surface area contributed by atoms with E-state index in [-0.39, 0.29) is 40.8 Å². The van der Waals surface area contributed by atoms with Crippen LogP contribution in [0.4, 0.5) is 5.00 Å². The lowest BCUT2D eigenvalue weighted by Gasteiger charge is -2.11. The lowest BCUT2D eigenvalue weighted by molar-refractivity contribution is -0.147. The number of carbonyl (C=O) groups excluding carboxylic acids is 3. The summed E-state index contributed by atoms with van der Waals surface area (Å²) < 4.78 is 15.8. The molecule has 8 nitrogen and oxygen atoms in total. The standard InChI is InChI=1S/C20H24N2O6S/c1-5-26-20(25)16-13(17(19(24)22-4)29-18(16)21)9-28-15(23)10-27-14-8-11(2)6-7-12(14)3/h6-8H,5,9-10,21H2,1-4H3,(H,22,24). The largest absolute Gasteiger partial charge is 0.482 e. The molecule has 0 aliphatic rings. The van der Waals surface area contributed by atoms with Gasteiger partial charge in [-0.05, 0) is 38.0 Å². The molecule has 0 radical (unpaired) electrons. The number of esters is 2. The second-order valence-corrected chi connectivity index (χ2v) is 7.22. The molecule has 0 saturated carbocycles.